The summed E-state index contributed by atoms with van der Waals surface area (Å²) in [5.41, 5.74) is 1.55. The Balaban J connectivity index is 1.46. The van der Waals surface area contributed by atoms with Gasteiger partial charge in [0, 0.05) is 37.3 Å². The van der Waals surface area contributed by atoms with E-state index in [-0.39, 0.29) is 11.8 Å². The standard InChI is InChI=1S/C20H29N3O2/c1-16-9-13-22(14-10-16)15-11-21-20(25)17-5-7-18(8-6-17)23-12-3-2-4-19(23)24/h5-8,16H,2-4,9-15H2,1H3,(H,21,25). The van der Waals surface area contributed by atoms with Gasteiger partial charge >= 0.3 is 0 Å². The van der Waals surface area contributed by atoms with Gasteiger partial charge in [-0.05, 0) is 69.0 Å². The van der Waals surface area contributed by atoms with Crippen LogP contribution in [0.4, 0.5) is 5.69 Å². The lowest BCUT2D eigenvalue weighted by Gasteiger charge is -2.30. The minimum absolute atomic E-state index is 0.0399. The maximum atomic E-state index is 12.3. The number of hydrogen-bond donors (Lipinski definition) is 1. The number of carbonyl (C=O) groups excluding carboxylic acids is 2. The summed E-state index contributed by atoms with van der Waals surface area (Å²) in [7, 11) is 0. The summed E-state index contributed by atoms with van der Waals surface area (Å²) in [5, 5.41) is 3.00. The molecule has 5 nitrogen and oxygen atoms in total. The quantitative estimate of drug-likeness (QED) is 0.894. The lowest BCUT2D eigenvalue weighted by molar-refractivity contribution is -0.119. The molecule has 0 atom stereocenters. The SMILES string of the molecule is CC1CCN(CCNC(=O)c2ccc(N3CCCCC3=O)cc2)CC1. The summed E-state index contributed by atoms with van der Waals surface area (Å²) < 4.78 is 0. The fourth-order valence-corrected chi connectivity index (χ4v) is 3.59. The predicted octanol–water partition coefficient (Wildman–Crippen LogP) is 2.67. The van der Waals surface area contributed by atoms with Gasteiger partial charge < -0.3 is 15.1 Å². The van der Waals surface area contributed by atoms with Gasteiger partial charge in [0.25, 0.3) is 5.91 Å². The molecule has 136 valence electrons. The number of carbonyl (C=O) groups is 2. The number of amides is 2. The molecule has 0 unspecified atom stereocenters. The molecule has 0 spiro atoms. The van der Waals surface area contributed by atoms with Gasteiger partial charge in [-0.15, -0.1) is 0 Å². The number of nitrogens with one attached hydrogen (secondary N) is 1. The maximum absolute atomic E-state index is 12.3. The van der Waals surface area contributed by atoms with Crippen LogP contribution in [-0.4, -0.2) is 49.4 Å². The van der Waals surface area contributed by atoms with Crippen molar-refractivity contribution in [1.29, 1.82) is 0 Å². The lowest BCUT2D eigenvalue weighted by Crippen LogP contribution is -2.39. The molecule has 2 aliphatic heterocycles. The van der Waals surface area contributed by atoms with E-state index < -0.39 is 0 Å². The second-order valence-corrected chi connectivity index (χ2v) is 7.33. The summed E-state index contributed by atoms with van der Waals surface area (Å²) >= 11 is 0. The zero-order chi connectivity index (χ0) is 17.6. The van der Waals surface area contributed by atoms with Gasteiger partial charge in [0.2, 0.25) is 5.91 Å². The first kappa shape index (κ1) is 17.9. The molecular formula is C20H29N3O2. The summed E-state index contributed by atoms with van der Waals surface area (Å²) in [6.45, 7) is 6.95. The monoisotopic (exact) mass is 343 g/mol. The molecule has 3 rings (SSSR count). The number of likely N-dealkylation sites (tertiary alicyclic amines) is 1. The average Bonchev–Trinajstić information content (AvgIpc) is 2.64. The Morgan fingerprint density at radius 2 is 1.84 bits per heavy atom. The van der Waals surface area contributed by atoms with E-state index >= 15 is 0 Å². The highest BCUT2D eigenvalue weighted by Crippen LogP contribution is 2.21. The molecule has 0 aromatic heterocycles. The molecule has 2 amide bonds. The smallest absolute Gasteiger partial charge is 0.251 e. The molecule has 5 heteroatoms. The van der Waals surface area contributed by atoms with Crippen LogP contribution in [-0.2, 0) is 4.79 Å². The Hall–Kier alpha value is -1.88. The highest BCUT2D eigenvalue weighted by Gasteiger charge is 2.20. The van der Waals surface area contributed by atoms with Crippen LogP contribution in [0.3, 0.4) is 0 Å². The number of benzene rings is 1. The summed E-state index contributed by atoms with van der Waals surface area (Å²) in [6.07, 6.45) is 5.15. The Bertz CT molecular complexity index is 591. The van der Waals surface area contributed by atoms with Crippen LogP contribution in [0.5, 0.6) is 0 Å². The van der Waals surface area contributed by atoms with Crippen molar-refractivity contribution in [2.24, 2.45) is 5.92 Å². The number of nitrogens with zero attached hydrogens (tertiary/aromatic N) is 2. The number of hydrogen-bond acceptors (Lipinski definition) is 3. The van der Waals surface area contributed by atoms with Gasteiger partial charge in [-0.2, -0.15) is 0 Å². The van der Waals surface area contributed by atoms with Crippen LogP contribution in [0, 0.1) is 5.92 Å². The van der Waals surface area contributed by atoms with E-state index in [1.807, 2.05) is 29.2 Å². The van der Waals surface area contributed by atoms with E-state index in [9.17, 15) is 9.59 Å². The zero-order valence-electron chi connectivity index (χ0n) is 15.2. The van der Waals surface area contributed by atoms with Crippen LogP contribution < -0.4 is 10.2 Å². The molecule has 0 radical (unpaired) electrons. The normalized spacial score (nSPS) is 19.9. The molecule has 0 aliphatic carbocycles. The van der Waals surface area contributed by atoms with E-state index in [1.54, 1.807) is 0 Å². The van der Waals surface area contributed by atoms with Crippen molar-refractivity contribution in [2.45, 2.75) is 39.0 Å². The Labute approximate surface area is 150 Å². The van der Waals surface area contributed by atoms with E-state index in [1.165, 1.54) is 12.8 Å². The highest BCUT2D eigenvalue weighted by atomic mass is 16.2. The van der Waals surface area contributed by atoms with Crippen LogP contribution >= 0.6 is 0 Å². The van der Waals surface area contributed by atoms with Crippen molar-refractivity contribution >= 4 is 17.5 Å². The lowest BCUT2D eigenvalue weighted by atomic mass is 9.99. The van der Waals surface area contributed by atoms with Crippen molar-refractivity contribution < 1.29 is 9.59 Å². The molecule has 1 aromatic rings. The van der Waals surface area contributed by atoms with E-state index in [0.29, 0.717) is 18.5 Å². The highest BCUT2D eigenvalue weighted by molar-refractivity contribution is 5.96. The van der Waals surface area contributed by atoms with Crippen LogP contribution in [0.2, 0.25) is 0 Å². The first-order chi connectivity index (χ1) is 12.1. The van der Waals surface area contributed by atoms with Crippen molar-refractivity contribution in [1.82, 2.24) is 10.2 Å². The van der Waals surface area contributed by atoms with Crippen LogP contribution in [0.25, 0.3) is 0 Å². The van der Waals surface area contributed by atoms with E-state index in [0.717, 1.165) is 50.6 Å². The van der Waals surface area contributed by atoms with Crippen molar-refractivity contribution in [3.8, 4) is 0 Å². The van der Waals surface area contributed by atoms with E-state index in [4.69, 9.17) is 0 Å². The molecule has 2 fully saturated rings. The fraction of sp³-hybridized carbons (Fsp3) is 0.600. The summed E-state index contributed by atoms with van der Waals surface area (Å²) in [6, 6.07) is 7.39. The molecule has 0 bridgehead atoms. The third kappa shape index (κ3) is 4.82. The number of anilines is 1. The van der Waals surface area contributed by atoms with Gasteiger partial charge in [-0.3, -0.25) is 9.59 Å². The van der Waals surface area contributed by atoms with Crippen molar-refractivity contribution in [3.05, 3.63) is 29.8 Å². The van der Waals surface area contributed by atoms with Crippen molar-refractivity contribution in [2.75, 3.05) is 37.6 Å². The summed E-state index contributed by atoms with van der Waals surface area (Å²) in [5.74, 6) is 0.970. The van der Waals surface area contributed by atoms with Gasteiger partial charge in [0.1, 0.15) is 0 Å². The molecule has 2 heterocycles. The van der Waals surface area contributed by atoms with Gasteiger partial charge in [0.15, 0.2) is 0 Å². The summed E-state index contributed by atoms with van der Waals surface area (Å²) in [4.78, 5) is 28.5. The molecule has 1 N–H and O–H groups in total. The topological polar surface area (TPSA) is 52.7 Å². The maximum Gasteiger partial charge on any atom is 0.251 e. The zero-order valence-corrected chi connectivity index (χ0v) is 15.2. The minimum atomic E-state index is -0.0399. The predicted molar refractivity (Wildman–Crippen MR) is 99.8 cm³/mol. The largest absolute Gasteiger partial charge is 0.351 e. The first-order valence-electron chi connectivity index (χ1n) is 9.54. The first-order valence-corrected chi connectivity index (χ1v) is 9.54. The minimum Gasteiger partial charge on any atom is -0.351 e. The fourth-order valence-electron chi connectivity index (χ4n) is 3.59. The molecular weight excluding hydrogens is 314 g/mol. The second-order valence-electron chi connectivity index (χ2n) is 7.33. The third-order valence-corrected chi connectivity index (χ3v) is 5.35. The van der Waals surface area contributed by atoms with Crippen LogP contribution in [0.1, 0.15) is 49.4 Å². The Morgan fingerprint density at radius 3 is 2.52 bits per heavy atom. The average molecular weight is 343 g/mol. The Kier molecular flexibility index (Phi) is 6.08. The third-order valence-electron chi connectivity index (χ3n) is 5.35. The van der Waals surface area contributed by atoms with Gasteiger partial charge in [-0.25, -0.2) is 0 Å². The molecule has 25 heavy (non-hydrogen) atoms. The van der Waals surface area contributed by atoms with Crippen molar-refractivity contribution in [3.63, 3.8) is 0 Å². The second kappa shape index (κ2) is 8.48. The van der Waals surface area contributed by atoms with E-state index in [2.05, 4.69) is 17.1 Å². The number of piperidine rings is 2. The van der Waals surface area contributed by atoms with Gasteiger partial charge in [0.05, 0.1) is 0 Å². The van der Waals surface area contributed by atoms with Gasteiger partial charge in [-0.1, -0.05) is 6.92 Å². The molecule has 0 saturated carbocycles. The molecule has 2 aliphatic rings. The Morgan fingerprint density at radius 1 is 1.12 bits per heavy atom. The molecule has 2 saturated heterocycles. The number of rotatable bonds is 5. The molecule has 1 aromatic carbocycles. The van der Waals surface area contributed by atoms with Crippen LogP contribution in [0.15, 0.2) is 24.3 Å².